The summed E-state index contributed by atoms with van der Waals surface area (Å²) in [6.45, 7) is 2.14. The van der Waals surface area contributed by atoms with Crippen molar-refractivity contribution in [1.82, 2.24) is 19.3 Å². The fourth-order valence-electron chi connectivity index (χ4n) is 4.74. The standard InChI is InChI=1S/C26H28N4O3S/c1-17-3-8-22(9-4-17)34(31,32)33-16-18-13-21(14-18)30-15-23(25(28-30)19-5-6-19)24-10-7-20-11-12-29(2)26(20)27-24/h3-4,7-12,15,18-19,21H,5-6,13-14,16H2,1-2H3. The van der Waals surface area contributed by atoms with Gasteiger partial charge in [-0.2, -0.15) is 13.5 Å². The molecule has 0 radical (unpaired) electrons. The van der Waals surface area contributed by atoms with Crippen molar-refractivity contribution in [3.05, 3.63) is 66.1 Å². The summed E-state index contributed by atoms with van der Waals surface area (Å²) < 4.78 is 34.4. The van der Waals surface area contributed by atoms with E-state index in [-0.39, 0.29) is 23.5 Å². The molecule has 2 aliphatic rings. The van der Waals surface area contributed by atoms with Crippen LogP contribution in [-0.4, -0.2) is 34.4 Å². The van der Waals surface area contributed by atoms with Crippen LogP contribution in [0.3, 0.4) is 0 Å². The maximum Gasteiger partial charge on any atom is 0.296 e. The highest BCUT2D eigenvalue weighted by Gasteiger charge is 2.36. The number of fused-ring (bicyclic) bond motifs is 1. The van der Waals surface area contributed by atoms with E-state index in [1.807, 2.05) is 24.7 Å². The van der Waals surface area contributed by atoms with E-state index in [1.54, 1.807) is 24.3 Å². The average Bonchev–Trinajstić information content (AvgIpc) is 3.45. The zero-order valence-electron chi connectivity index (χ0n) is 19.4. The van der Waals surface area contributed by atoms with Gasteiger partial charge < -0.3 is 4.57 Å². The van der Waals surface area contributed by atoms with Crippen molar-refractivity contribution in [1.29, 1.82) is 0 Å². The molecule has 0 bridgehead atoms. The van der Waals surface area contributed by atoms with E-state index in [0.717, 1.165) is 46.4 Å². The Morgan fingerprint density at radius 2 is 1.82 bits per heavy atom. The van der Waals surface area contributed by atoms with Crippen molar-refractivity contribution < 1.29 is 12.6 Å². The van der Waals surface area contributed by atoms with Gasteiger partial charge in [0.2, 0.25) is 0 Å². The van der Waals surface area contributed by atoms with Crippen LogP contribution in [0.15, 0.2) is 59.8 Å². The molecule has 6 rings (SSSR count). The molecule has 0 aliphatic heterocycles. The van der Waals surface area contributed by atoms with E-state index >= 15 is 0 Å². The molecule has 176 valence electrons. The van der Waals surface area contributed by atoms with Gasteiger partial charge in [0.15, 0.2) is 0 Å². The zero-order chi connectivity index (χ0) is 23.4. The lowest BCUT2D eigenvalue weighted by atomic mass is 9.81. The Labute approximate surface area is 199 Å². The molecule has 0 N–H and O–H groups in total. The van der Waals surface area contributed by atoms with Crippen LogP contribution in [0.1, 0.15) is 48.9 Å². The van der Waals surface area contributed by atoms with Gasteiger partial charge in [-0.25, -0.2) is 4.98 Å². The number of rotatable bonds is 7. The first-order valence-electron chi connectivity index (χ1n) is 11.8. The van der Waals surface area contributed by atoms with Gasteiger partial charge in [-0.05, 0) is 68.9 Å². The van der Waals surface area contributed by atoms with Gasteiger partial charge in [0.05, 0.1) is 28.9 Å². The summed E-state index contributed by atoms with van der Waals surface area (Å²) in [7, 11) is -1.71. The number of hydrogen-bond acceptors (Lipinski definition) is 5. The number of hydrogen-bond donors (Lipinski definition) is 0. The largest absolute Gasteiger partial charge is 0.336 e. The van der Waals surface area contributed by atoms with Gasteiger partial charge in [0.1, 0.15) is 5.65 Å². The Kier molecular flexibility index (Phi) is 5.11. The van der Waals surface area contributed by atoms with Crippen molar-refractivity contribution in [2.24, 2.45) is 13.0 Å². The predicted molar refractivity (Wildman–Crippen MR) is 130 cm³/mol. The molecule has 0 spiro atoms. The van der Waals surface area contributed by atoms with Gasteiger partial charge in [-0.15, -0.1) is 0 Å². The first-order chi connectivity index (χ1) is 16.4. The molecule has 0 unspecified atom stereocenters. The summed E-state index contributed by atoms with van der Waals surface area (Å²) in [6, 6.07) is 13.3. The molecule has 0 saturated heterocycles. The van der Waals surface area contributed by atoms with Crippen LogP contribution in [0.4, 0.5) is 0 Å². The van der Waals surface area contributed by atoms with Crippen LogP contribution < -0.4 is 0 Å². The summed E-state index contributed by atoms with van der Waals surface area (Å²) in [5.41, 5.74) is 5.21. The van der Waals surface area contributed by atoms with E-state index in [1.165, 1.54) is 12.8 Å². The first-order valence-corrected chi connectivity index (χ1v) is 13.3. The summed E-state index contributed by atoms with van der Waals surface area (Å²) in [6.07, 6.45) is 8.23. The van der Waals surface area contributed by atoms with E-state index in [0.29, 0.717) is 5.92 Å². The second-order valence-corrected chi connectivity index (χ2v) is 11.4. The van der Waals surface area contributed by atoms with E-state index < -0.39 is 10.1 Å². The number of aryl methyl sites for hydroxylation is 2. The van der Waals surface area contributed by atoms with Crippen molar-refractivity contribution in [3.8, 4) is 11.3 Å². The molecule has 1 aromatic carbocycles. The molecule has 0 atom stereocenters. The third kappa shape index (κ3) is 3.95. The molecule has 3 heterocycles. The quantitative estimate of drug-likeness (QED) is 0.352. The Morgan fingerprint density at radius 1 is 1.06 bits per heavy atom. The highest BCUT2D eigenvalue weighted by molar-refractivity contribution is 7.86. The average molecular weight is 477 g/mol. The van der Waals surface area contributed by atoms with Gasteiger partial charge in [-0.1, -0.05) is 17.7 Å². The monoisotopic (exact) mass is 476 g/mol. The molecular formula is C26H28N4O3S. The maximum atomic E-state index is 12.5. The number of pyridine rings is 1. The molecule has 8 heteroatoms. The lowest BCUT2D eigenvalue weighted by Gasteiger charge is -2.34. The van der Waals surface area contributed by atoms with Crippen molar-refractivity contribution in [2.45, 2.75) is 49.5 Å². The predicted octanol–water partition coefficient (Wildman–Crippen LogP) is 4.98. The third-order valence-electron chi connectivity index (χ3n) is 7.07. The molecule has 4 aromatic rings. The topological polar surface area (TPSA) is 79.0 Å². The minimum absolute atomic E-state index is 0.208. The van der Waals surface area contributed by atoms with Gasteiger partial charge in [0, 0.05) is 36.3 Å². The molecule has 7 nitrogen and oxygen atoms in total. The van der Waals surface area contributed by atoms with Crippen LogP contribution in [-0.2, 0) is 21.3 Å². The highest BCUT2D eigenvalue weighted by atomic mass is 32.2. The maximum absolute atomic E-state index is 12.5. The smallest absolute Gasteiger partial charge is 0.296 e. The molecule has 34 heavy (non-hydrogen) atoms. The molecule has 2 saturated carbocycles. The van der Waals surface area contributed by atoms with Crippen LogP contribution in [0, 0.1) is 12.8 Å². The van der Waals surface area contributed by atoms with Crippen LogP contribution in [0.25, 0.3) is 22.3 Å². The SMILES string of the molecule is Cc1ccc(S(=O)(=O)OCC2CC(n3cc(-c4ccc5ccn(C)c5n4)c(C4CC4)n3)C2)cc1. The van der Waals surface area contributed by atoms with Gasteiger partial charge in [0.25, 0.3) is 10.1 Å². The van der Waals surface area contributed by atoms with Crippen molar-refractivity contribution in [3.63, 3.8) is 0 Å². The Balaban J connectivity index is 1.15. The molecule has 3 aromatic heterocycles. The number of aromatic nitrogens is 4. The van der Waals surface area contributed by atoms with Gasteiger partial charge in [-0.3, -0.25) is 8.86 Å². The second-order valence-electron chi connectivity index (χ2n) is 9.76. The summed E-state index contributed by atoms with van der Waals surface area (Å²) in [5, 5.41) is 6.10. The fourth-order valence-corrected chi connectivity index (χ4v) is 5.72. The number of benzene rings is 1. The summed E-state index contributed by atoms with van der Waals surface area (Å²) in [4.78, 5) is 5.13. The van der Waals surface area contributed by atoms with Crippen LogP contribution in [0.2, 0.25) is 0 Å². The Morgan fingerprint density at radius 3 is 2.56 bits per heavy atom. The van der Waals surface area contributed by atoms with E-state index in [2.05, 4.69) is 29.1 Å². The minimum atomic E-state index is -3.72. The zero-order valence-corrected chi connectivity index (χ0v) is 20.2. The lowest BCUT2D eigenvalue weighted by molar-refractivity contribution is 0.120. The van der Waals surface area contributed by atoms with E-state index in [9.17, 15) is 8.42 Å². The Bertz CT molecular complexity index is 1460. The fraction of sp³-hybridized carbons (Fsp3) is 0.385. The summed E-state index contributed by atoms with van der Waals surface area (Å²) >= 11 is 0. The molecule has 2 fully saturated rings. The second kappa shape index (κ2) is 8.06. The van der Waals surface area contributed by atoms with E-state index in [4.69, 9.17) is 14.3 Å². The number of nitrogens with zero attached hydrogens (tertiary/aromatic N) is 4. The highest BCUT2D eigenvalue weighted by Crippen LogP contribution is 2.45. The lowest BCUT2D eigenvalue weighted by Crippen LogP contribution is -2.31. The molecular weight excluding hydrogens is 448 g/mol. The molecule has 0 amide bonds. The third-order valence-corrected chi connectivity index (χ3v) is 8.37. The normalized spacial score (nSPS) is 20.5. The summed E-state index contributed by atoms with van der Waals surface area (Å²) in [5.74, 6) is 0.723. The minimum Gasteiger partial charge on any atom is -0.336 e. The van der Waals surface area contributed by atoms with Crippen molar-refractivity contribution >= 4 is 21.2 Å². The van der Waals surface area contributed by atoms with Crippen molar-refractivity contribution in [2.75, 3.05) is 6.61 Å². The van der Waals surface area contributed by atoms with Crippen LogP contribution >= 0.6 is 0 Å². The first kappa shape index (κ1) is 21.6. The van der Waals surface area contributed by atoms with Gasteiger partial charge >= 0.3 is 0 Å². The molecule has 2 aliphatic carbocycles. The Hall–Kier alpha value is -2.97. The van der Waals surface area contributed by atoms with Crippen LogP contribution in [0.5, 0.6) is 0 Å².